The van der Waals surface area contributed by atoms with Crippen molar-refractivity contribution < 1.29 is 14.3 Å². The van der Waals surface area contributed by atoms with Crippen LogP contribution in [0.2, 0.25) is 5.02 Å². The van der Waals surface area contributed by atoms with Crippen molar-refractivity contribution in [3.05, 3.63) is 22.7 Å². The Morgan fingerprint density at radius 1 is 1.38 bits per heavy atom. The van der Waals surface area contributed by atoms with Gasteiger partial charge in [-0.25, -0.2) is 0 Å². The fourth-order valence-electron chi connectivity index (χ4n) is 1.59. The molecule has 88 valence electrons. The van der Waals surface area contributed by atoms with Crippen molar-refractivity contribution in [2.45, 2.75) is 26.2 Å². The molecule has 2 rings (SSSR count). The molecule has 1 heterocycles. The number of ether oxygens (including phenoxy) is 2. The highest BCUT2D eigenvalue weighted by Gasteiger charge is 2.33. The molecule has 1 aliphatic heterocycles. The molecule has 0 atom stereocenters. The van der Waals surface area contributed by atoms with Gasteiger partial charge in [0.2, 0.25) is 5.79 Å². The molecule has 1 aromatic carbocycles. The van der Waals surface area contributed by atoms with Gasteiger partial charge in [0.1, 0.15) is 0 Å². The van der Waals surface area contributed by atoms with Gasteiger partial charge in [-0.05, 0) is 17.7 Å². The summed E-state index contributed by atoms with van der Waals surface area (Å²) in [5.41, 5.74) is 3.73. The lowest BCUT2D eigenvalue weighted by atomic mass is 10.2. The molecule has 0 aromatic heterocycles. The van der Waals surface area contributed by atoms with Gasteiger partial charge < -0.3 is 14.3 Å². The van der Waals surface area contributed by atoms with Gasteiger partial charge in [-0.3, -0.25) is 0 Å². The minimum absolute atomic E-state index is 0.552. The third kappa shape index (κ3) is 2.24. The average Bonchev–Trinajstić information content (AvgIpc) is 2.50. The zero-order valence-corrected chi connectivity index (χ0v) is 10.2. The lowest BCUT2D eigenvalue weighted by Crippen LogP contribution is -2.29. The van der Waals surface area contributed by atoms with E-state index in [2.05, 4.69) is 5.48 Å². The Hall–Kier alpha value is -0.970. The zero-order valence-electron chi connectivity index (χ0n) is 9.46. The number of hydrogen-bond acceptors (Lipinski definition) is 4. The molecule has 0 fully saturated rings. The van der Waals surface area contributed by atoms with Crippen LogP contribution in [0.25, 0.3) is 0 Å². The predicted octanol–water partition coefficient (Wildman–Crippen LogP) is 2.50. The first-order valence-corrected chi connectivity index (χ1v) is 5.36. The topological polar surface area (TPSA) is 39.7 Å². The third-order valence-electron chi connectivity index (χ3n) is 2.19. The van der Waals surface area contributed by atoms with Crippen LogP contribution in [-0.4, -0.2) is 12.9 Å². The molecule has 0 saturated carbocycles. The quantitative estimate of drug-likeness (QED) is 0.828. The summed E-state index contributed by atoms with van der Waals surface area (Å²) in [6, 6.07) is 3.72. The Balaban J connectivity index is 2.27. The lowest BCUT2D eigenvalue weighted by Gasteiger charge is -2.16. The monoisotopic (exact) mass is 243 g/mol. The molecule has 1 aromatic rings. The van der Waals surface area contributed by atoms with Crippen LogP contribution in [0, 0.1) is 0 Å². The second-order valence-corrected chi connectivity index (χ2v) is 4.44. The van der Waals surface area contributed by atoms with Crippen LogP contribution >= 0.6 is 11.6 Å². The first kappa shape index (κ1) is 11.5. The summed E-state index contributed by atoms with van der Waals surface area (Å²) in [7, 11) is 1.57. The summed E-state index contributed by atoms with van der Waals surface area (Å²) in [6.45, 7) is 4.25. The second-order valence-electron chi connectivity index (χ2n) is 4.03. The van der Waals surface area contributed by atoms with Gasteiger partial charge in [0.05, 0.1) is 12.1 Å². The van der Waals surface area contributed by atoms with Crippen LogP contribution in [0.5, 0.6) is 11.5 Å². The van der Waals surface area contributed by atoms with E-state index in [1.807, 2.05) is 26.0 Å². The average molecular weight is 244 g/mol. The van der Waals surface area contributed by atoms with E-state index >= 15 is 0 Å². The number of fused-ring (bicyclic) bond motifs is 1. The van der Waals surface area contributed by atoms with E-state index in [9.17, 15) is 0 Å². The maximum atomic E-state index is 6.11. The molecule has 0 aliphatic carbocycles. The summed E-state index contributed by atoms with van der Waals surface area (Å²) in [6.07, 6.45) is 0. The Morgan fingerprint density at radius 3 is 2.81 bits per heavy atom. The van der Waals surface area contributed by atoms with Crippen LogP contribution < -0.4 is 15.0 Å². The van der Waals surface area contributed by atoms with Crippen LogP contribution in [0.3, 0.4) is 0 Å². The van der Waals surface area contributed by atoms with Crippen molar-refractivity contribution in [3.63, 3.8) is 0 Å². The molecule has 1 N–H and O–H groups in total. The minimum Gasteiger partial charge on any atom is -0.449 e. The van der Waals surface area contributed by atoms with Gasteiger partial charge >= 0.3 is 0 Å². The fourth-order valence-corrected chi connectivity index (χ4v) is 1.86. The Bertz CT molecular complexity index is 406. The fraction of sp³-hybridized carbons (Fsp3) is 0.455. The van der Waals surface area contributed by atoms with Crippen molar-refractivity contribution in [1.82, 2.24) is 5.48 Å². The molecule has 0 amide bonds. The molecule has 0 unspecified atom stereocenters. The summed E-state index contributed by atoms with van der Waals surface area (Å²) in [5.74, 6) is 0.623. The van der Waals surface area contributed by atoms with E-state index in [-0.39, 0.29) is 0 Å². The maximum absolute atomic E-state index is 6.11. The van der Waals surface area contributed by atoms with Crippen LogP contribution in [0.1, 0.15) is 19.4 Å². The zero-order chi connectivity index (χ0) is 11.8. The predicted molar refractivity (Wildman–Crippen MR) is 60.6 cm³/mol. The van der Waals surface area contributed by atoms with E-state index in [1.165, 1.54) is 0 Å². The molecule has 4 nitrogen and oxygen atoms in total. The van der Waals surface area contributed by atoms with Crippen molar-refractivity contribution in [2.24, 2.45) is 0 Å². The number of hydroxylamine groups is 1. The Morgan fingerprint density at radius 2 is 2.12 bits per heavy atom. The Labute approximate surface area is 99.4 Å². The molecule has 1 aliphatic rings. The van der Waals surface area contributed by atoms with E-state index in [0.717, 1.165) is 5.56 Å². The molecule has 0 saturated heterocycles. The molecular weight excluding hydrogens is 230 g/mol. The van der Waals surface area contributed by atoms with Gasteiger partial charge in [0.25, 0.3) is 0 Å². The van der Waals surface area contributed by atoms with Crippen LogP contribution in [-0.2, 0) is 11.4 Å². The standard InChI is InChI=1S/C11H14ClNO3/c1-11(2)15-9-5-7(6-13-14-3)4-8(12)10(9)16-11/h4-5,13H,6H2,1-3H3. The normalized spacial score (nSPS) is 16.5. The summed E-state index contributed by atoms with van der Waals surface area (Å²) < 4.78 is 11.2. The summed E-state index contributed by atoms with van der Waals surface area (Å²) >= 11 is 6.11. The van der Waals surface area contributed by atoms with Crippen molar-refractivity contribution in [1.29, 1.82) is 0 Å². The highest BCUT2D eigenvalue weighted by molar-refractivity contribution is 6.32. The molecule has 16 heavy (non-hydrogen) atoms. The van der Waals surface area contributed by atoms with E-state index in [4.69, 9.17) is 25.9 Å². The number of hydrogen-bond donors (Lipinski definition) is 1. The first-order chi connectivity index (χ1) is 7.52. The first-order valence-electron chi connectivity index (χ1n) is 4.98. The number of rotatable bonds is 3. The molecule has 0 spiro atoms. The van der Waals surface area contributed by atoms with Crippen molar-refractivity contribution in [3.8, 4) is 11.5 Å². The number of nitrogens with one attached hydrogen (secondary N) is 1. The Kier molecular flexibility index (Phi) is 2.97. The number of benzene rings is 1. The van der Waals surface area contributed by atoms with Gasteiger partial charge in [-0.15, -0.1) is 0 Å². The van der Waals surface area contributed by atoms with Gasteiger partial charge in [0.15, 0.2) is 11.5 Å². The lowest BCUT2D eigenvalue weighted by molar-refractivity contribution is -0.0431. The third-order valence-corrected chi connectivity index (χ3v) is 2.47. The van der Waals surface area contributed by atoms with Crippen molar-refractivity contribution >= 4 is 11.6 Å². The van der Waals surface area contributed by atoms with Gasteiger partial charge in [-0.1, -0.05) is 11.6 Å². The summed E-state index contributed by atoms with van der Waals surface area (Å²) in [4.78, 5) is 4.78. The van der Waals surface area contributed by atoms with Gasteiger partial charge in [-0.2, -0.15) is 5.48 Å². The SMILES string of the molecule is CONCc1cc(Cl)c2c(c1)OC(C)(C)O2. The molecule has 5 heteroatoms. The summed E-state index contributed by atoms with van der Waals surface area (Å²) in [5, 5.41) is 0.552. The molecule has 0 radical (unpaired) electrons. The molecule has 0 bridgehead atoms. The van der Waals surface area contributed by atoms with Crippen molar-refractivity contribution in [2.75, 3.05) is 7.11 Å². The second kappa shape index (κ2) is 4.13. The maximum Gasteiger partial charge on any atom is 0.246 e. The van der Waals surface area contributed by atoms with E-state index in [0.29, 0.717) is 23.1 Å². The van der Waals surface area contributed by atoms with Crippen LogP contribution in [0.15, 0.2) is 12.1 Å². The van der Waals surface area contributed by atoms with E-state index in [1.54, 1.807) is 7.11 Å². The van der Waals surface area contributed by atoms with Gasteiger partial charge in [0, 0.05) is 20.4 Å². The number of halogens is 1. The van der Waals surface area contributed by atoms with Crippen LogP contribution in [0.4, 0.5) is 0 Å². The smallest absolute Gasteiger partial charge is 0.246 e. The minimum atomic E-state index is -0.653. The highest BCUT2D eigenvalue weighted by Crippen LogP contribution is 2.44. The van der Waals surface area contributed by atoms with E-state index < -0.39 is 5.79 Å². The largest absolute Gasteiger partial charge is 0.449 e. The highest BCUT2D eigenvalue weighted by atomic mass is 35.5. The molecular formula is C11H14ClNO3.